The van der Waals surface area contributed by atoms with Crippen molar-refractivity contribution < 1.29 is 4.79 Å². The molecule has 0 atom stereocenters. The van der Waals surface area contributed by atoms with E-state index in [4.69, 9.17) is 5.73 Å². The Labute approximate surface area is 110 Å². The Balaban J connectivity index is 1.88. The Kier molecular flexibility index (Phi) is 2.59. The number of nitrogens with zero attached hydrogens (tertiary/aromatic N) is 1. The second-order valence-electron chi connectivity index (χ2n) is 4.66. The summed E-state index contributed by atoms with van der Waals surface area (Å²) in [5.41, 5.74) is 10.1. The minimum absolute atomic E-state index is 0.0361. The van der Waals surface area contributed by atoms with Crippen LogP contribution >= 0.6 is 0 Å². The minimum atomic E-state index is 0.0361. The molecule has 2 heterocycles. The molecule has 2 aromatic rings. The first-order valence-electron chi connectivity index (χ1n) is 6.04. The first-order valence-corrected chi connectivity index (χ1v) is 6.04. The van der Waals surface area contributed by atoms with E-state index in [0.717, 1.165) is 28.3 Å². The summed E-state index contributed by atoms with van der Waals surface area (Å²) in [5, 5.41) is 6.05. The van der Waals surface area contributed by atoms with Crippen LogP contribution in [-0.2, 0) is 11.2 Å². The fraction of sp³-hybridized carbons (Fsp3) is 0.143. The van der Waals surface area contributed by atoms with Gasteiger partial charge in [-0.25, -0.2) is 4.98 Å². The fourth-order valence-corrected chi connectivity index (χ4v) is 2.17. The van der Waals surface area contributed by atoms with Gasteiger partial charge in [0.05, 0.1) is 18.3 Å². The molecule has 0 saturated carbocycles. The molecule has 0 saturated heterocycles. The molecule has 0 bridgehead atoms. The van der Waals surface area contributed by atoms with Gasteiger partial charge in [-0.1, -0.05) is 0 Å². The normalized spacial score (nSPS) is 13.0. The molecule has 0 unspecified atom stereocenters. The molecule has 1 aliphatic rings. The number of anilines is 4. The number of rotatable bonds is 2. The summed E-state index contributed by atoms with van der Waals surface area (Å²) in [7, 11) is 0. The highest BCUT2D eigenvalue weighted by Crippen LogP contribution is 2.28. The van der Waals surface area contributed by atoms with Crippen LogP contribution in [0.4, 0.5) is 22.9 Å². The third kappa shape index (κ3) is 2.22. The Morgan fingerprint density at radius 1 is 1.37 bits per heavy atom. The van der Waals surface area contributed by atoms with Gasteiger partial charge in [0.25, 0.3) is 0 Å². The summed E-state index contributed by atoms with van der Waals surface area (Å²) in [5.74, 6) is 0.806. The molecular formula is C14H14N4O. The van der Waals surface area contributed by atoms with Crippen LogP contribution in [0.25, 0.3) is 0 Å². The number of hydrogen-bond donors (Lipinski definition) is 3. The van der Waals surface area contributed by atoms with Gasteiger partial charge in [0.2, 0.25) is 5.91 Å². The number of pyridine rings is 1. The summed E-state index contributed by atoms with van der Waals surface area (Å²) >= 11 is 0. The van der Waals surface area contributed by atoms with Crippen molar-refractivity contribution in [3.05, 3.63) is 41.6 Å². The summed E-state index contributed by atoms with van der Waals surface area (Å²) in [6.07, 6.45) is 2.05. The fourth-order valence-electron chi connectivity index (χ4n) is 2.17. The molecule has 5 nitrogen and oxygen atoms in total. The van der Waals surface area contributed by atoms with Gasteiger partial charge in [-0.15, -0.1) is 0 Å². The zero-order valence-electron chi connectivity index (χ0n) is 10.5. The van der Waals surface area contributed by atoms with Crippen LogP contribution in [0, 0.1) is 6.92 Å². The highest BCUT2D eigenvalue weighted by atomic mass is 16.1. The van der Waals surface area contributed by atoms with Crippen molar-refractivity contribution in [2.45, 2.75) is 13.3 Å². The minimum Gasteiger partial charge on any atom is -0.397 e. The summed E-state index contributed by atoms with van der Waals surface area (Å²) in [4.78, 5) is 15.6. The number of nitrogens with two attached hydrogens (primary N) is 1. The molecule has 1 aromatic carbocycles. The largest absolute Gasteiger partial charge is 0.397 e. The van der Waals surface area contributed by atoms with Gasteiger partial charge in [-0.3, -0.25) is 4.79 Å². The van der Waals surface area contributed by atoms with E-state index in [1.807, 2.05) is 31.2 Å². The Morgan fingerprint density at radius 3 is 3.00 bits per heavy atom. The van der Waals surface area contributed by atoms with Crippen molar-refractivity contribution in [3.63, 3.8) is 0 Å². The average Bonchev–Trinajstić information content (AvgIpc) is 2.72. The van der Waals surface area contributed by atoms with Crippen molar-refractivity contribution in [1.82, 2.24) is 4.98 Å². The maximum atomic E-state index is 11.3. The van der Waals surface area contributed by atoms with Crippen LogP contribution in [0.2, 0.25) is 0 Å². The van der Waals surface area contributed by atoms with E-state index < -0.39 is 0 Å². The standard InChI is InChI=1S/C14H14N4O/c1-8-4-10(15)7-16-14(8)17-11-2-3-12-9(5-11)6-13(19)18-12/h2-5,7H,6,15H2,1H3,(H,16,17)(H,18,19). The van der Waals surface area contributed by atoms with Crippen molar-refractivity contribution in [1.29, 1.82) is 0 Å². The number of nitrogen functional groups attached to an aromatic ring is 1. The molecule has 4 N–H and O–H groups in total. The van der Waals surface area contributed by atoms with E-state index >= 15 is 0 Å². The van der Waals surface area contributed by atoms with Crippen molar-refractivity contribution in [2.24, 2.45) is 0 Å². The summed E-state index contributed by atoms with van der Waals surface area (Å²) < 4.78 is 0. The number of aromatic nitrogens is 1. The first kappa shape index (κ1) is 11.5. The number of nitrogens with one attached hydrogen (secondary N) is 2. The Hall–Kier alpha value is -2.56. The third-order valence-electron chi connectivity index (χ3n) is 3.09. The second-order valence-corrected chi connectivity index (χ2v) is 4.66. The van der Waals surface area contributed by atoms with Crippen LogP contribution in [0.1, 0.15) is 11.1 Å². The number of aryl methyl sites for hydroxylation is 1. The maximum absolute atomic E-state index is 11.3. The van der Waals surface area contributed by atoms with E-state index in [2.05, 4.69) is 15.6 Å². The first-order chi connectivity index (χ1) is 9.11. The molecule has 19 heavy (non-hydrogen) atoms. The van der Waals surface area contributed by atoms with Crippen molar-refractivity contribution >= 4 is 28.8 Å². The molecule has 0 fully saturated rings. The third-order valence-corrected chi connectivity index (χ3v) is 3.09. The number of hydrogen-bond acceptors (Lipinski definition) is 4. The number of fused-ring (bicyclic) bond motifs is 1. The van der Waals surface area contributed by atoms with Crippen molar-refractivity contribution in [3.8, 4) is 0 Å². The zero-order chi connectivity index (χ0) is 13.4. The van der Waals surface area contributed by atoms with Gasteiger partial charge in [-0.2, -0.15) is 0 Å². The van der Waals surface area contributed by atoms with Gasteiger partial charge < -0.3 is 16.4 Å². The summed E-state index contributed by atoms with van der Waals surface area (Å²) in [6.45, 7) is 1.95. The van der Waals surface area contributed by atoms with E-state index in [1.54, 1.807) is 6.20 Å². The smallest absolute Gasteiger partial charge is 0.228 e. The van der Waals surface area contributed by atoms with Crippen molar-refractivity contribution in [2.75, 3.05) is 16.4 Å². The number of amides is 1. The van der Waals surface area contributed by atoms with Crippen LogP contribution in [0.15, 0.2) is 30.5 Å². The Morgan fingerprint density at radius 2 is 2.21 bits per heavy atom. The molecule has 1 aliphatic heterocycles. The molecule has 1 amide bonds. The van der Waals surface area contributed by atoms with E-state index in [9.17, 15) is 4.79 Å². The van der Waals surface area contributed by atoms with Crippen LogP contribution in [0.3, 0.4) is 0 Å². The van der Waals surface area contributed by atoms with Crippen LogP contribution in [-0.4, -0.2) is 10.9 Å². The predicted molar refractivity (Wildman–Crippen MR) is 75.4 cm³/mol. The lowest BCUT2D eigenvalue weighted by Crippen LogP contribution is -2.03. The van der Waals surface area contributed by atoms with E-state index in [0.29, 0.717) is 12.1 Å². The molecule has 0 aliphatic carbocycles. The highest BCUT2D eigenvalue weighted by molar-refractivity contribution is 5.99. The summed E-state index contributed by atoms with van der Waals surface area (Å²) in [6, 6.07) is 7.65. The highest BCUT2D eigenvalue weighted by Gasteiger charge is 2.17. The average molecular weight is 254 g/mol. The molecule has 5 heteroatoms. The van der Waals surface area contributed by atoms with Gasteiger partial charge >= 0.3 is 0 Å². The zero-order valence-corrected chi connectivity index (χ0v) is 10.5. The van der Waals surface area contributed by atoms with Crippen LogP contribution in [0.5, 0.6) is 0 Å². The van der Waals surface area contributed by atoms with E-state index in [-0.39, 0.29) is 5.91 Å². The van der Waals surface area contributed by atoms with Gasteiger partial charge in [0.15, 0.2) is 0 Å². The molecule has 0 spiro atoms. The molecule has 1 aromatic heterocycles. The van der Waals surface area contributed by atoms with E-state index in [1.165, 1.54) is 0 Å². The number of carbonyl (C=O) groups is 1. The predicted octanol–water partition coefficient (Wildman–Crippen LogP) is 2.21. The van der Waals surface area contributed by atoms with Gasteiger partial charge in [0.1, 0.15) is 5.82 Å². The Bertz CT molecular complexity index is 666. The van der Waals surface area contributed by atoms with Gasteiger partial charge in [-0.05, 0) is 42.3 Å². The molecular weight excluding hydrogens is 240 g/mol. The SMILES string of the molecule is Cc1cc(N)cnc1Nc1ccc2c(c1)CC(=O)N2. The monoisotopic (exact) mass is 254 g/mol. The lowest BCUT2D eigenvalue weighted by Gasteiger charge is -2.10. The molecule has 0 radical (unpaired) electrons. The molecule has 3 rings (SSSR count). The number of carbonyl (C=O) groups excluding carboxylic acids is 1. The maximum Gasteiger partial charge on any atom is 0.228 e. The van der Waals surface area contributed by atoms with Crippen LogP contribution < -0.4 is 16.4 Å². The lowest BCUT2D eigenvalue weighted by atomic mass is 10.1. The second kappa shape index (κ2) is 4.28. The molecule has 96 valence electrons. The van der Waals surface area contributed by atoms with Gasteiger partial charge in [0, 0.05) is 11.4 Å². The number of benzene rings is 1. The topological polar surface area (TPSA) is 80.0 Å². The lowest BCUT2D eigenvalue weighted by molar-refractivity contribution is -0.115. The quantitative estimate of drug-likeness (QED) is 0.767.